The van der Waals surface area contributed by atoms with Crippen LogP contribution >= 0.6 is 11.6 Å². The van der Waals surface area contributed by atoms with E-state index in [1.54, 1.807) is 0 Å². The molecule has 0 saturated carbocycles. The van der Waals surface area contributed by atoms with Crippen molar-refractivity contribution in [3.05, 3.63) is 64.4 Å². The number of rotatable bonds is 2. The first kappa shape index (κ1) is 12.5. The van der Waals surface area contributed by atoms with E-state index >= 15 is 0 Å². The van der Waals surface area contributed by atoms with Crippen molar-refractivity contribution in [1.29, 1.82) is 0 Å². The summed E-state index contributed by atoms with van der Waals surface area (Å²) in [6, 6.07) is 11.9. The van der Waals surface area contributed by atoms with Crippen molar-refractivity contribution in [3.63, 3.8) is 0 Å². The standard InChI is InChI=1S/C15H13ClFNO/c16-12-8-10(17)5-6-11(12)15(19)14-7-9-3-1-2-4-13(9)18-14/h1-6,8,14-15,18-19H,7H2. The lowest BCUT2D eigenvalue weighted by molar-refractivity contribution is 0.156. The maximum atomic E-state index is 13.0. The molecule has 2 atom stereocenters. The van der Waals surface area contributed by atoms with Gasteiger partial charge in [0.25, 0.3) is 0 Å². The molecule has 0 fully saturated rings. The second-order valence-electron chi connectivity index (χ2n) is 4.72. The Labute approximate surface area is 115 Å². The number of fused-ring (bicyclic) bond motifs is 1. The summed E-state index contributed by atoms with van der Waals surface area (Å²) in [7, 11) is 0. The van der Waals surface area contributed by atoms with Crippen LogP contribution in [0.3, 0.4) is 0 Å². The van der Waals surface area contributed by atoms with Crippen molar-refractivity contribution in [3.8, 4) is 0 Å². The number of benzene rings is 2. The molecular formula is C15H13ClFNO. The molecule has 4 heteroatoms. The van der Waals surface area contributed by atoms with E-state index < -0.39 is 11.9 Å². The third-order valence-corrected chi connectivity index (χ3v) is 3.79. The van der Waals surface area contributed by atoms with E-state index in [1.165, 1.54) is 23.8 Å². The number of aliphatic hydroxyl groups is 1. The summed E-state index contributed by atoms with van der Waals surface area (Å²) >= 11 is 5.99. The molecule has 2 unspecified atom stereocenters. The Morgan fingerprint density at radius 2 is 2.05 bits per heavy atom. The van der Waals surface area contributed by atoms with Crippen molar-refractivity contribution >= 4 is 17.3 Å². The molecule has 0 aliphatic carbocycles. The highest BCUT2D eigenvalue weighted by Gasteiger charge is 2.28. The van der Waals surface area contributed by atoms with Gasteiger partial charge in [0.05, 0.1) is 6.04 Å². The molecule has 3 rings (SSSR count). The van der Waals surface area contributed by atoms with Gasteiger partial charge >= 0.3 is 0 Å². The van der Waals surface area contributed by atoms with Crippen LogP contribution < -0.4 is 5.32 Å². The average molecular weight is 278 g/mol. The smallest absolute Gasteiger partial charge is 0.124 e. The number of para-hydroxylation sites is 1. The van der Waals surface area contributed by atoms with Crippen molar-refractivity contribution < 1.29 is 9.50 Å². The highest BCUT2D eigenvalue weighted by atomic mass is 35.5. The third-order valence-electron chi connectivity index (χ3n) is 3.46. The molecule has 0 saturated heterocycles. The van der Waals surface area contributed by atoms with E-state index in [1.807, 2.05) is 24.3 Å². The predicted octanol–water partition coefficient (Wildman–Crippen LogP) is 3.55. The first-order valence-corrected chi connectivity index (χ1v) is 6.50. The molecule has 2 aromatic carbocycles. The first-order chi connectivity index (χ1) is 9.15. The summed E-state index contributed by atoms with van der Waals surface area (Å²) in [6.45, 7) is 0. The summed E-state index contributed by atoms with van der Waals surface area (Å²) in [6.07, 6.45) is -0.0362. The maximum Gasteiger partial charge on any atom is 0.124 e. The van der Waals surface area contributed by atoms with Crippen LogP contribution in [0.4, 0.5) is 10.1 Å². The van der Waals surface area contributed by atoms with Gasteiger partial charge in [-0.05, 0) is 30.2 Å². The SMILES string of the molecule is OC(c1ccc(F)cc1Cl)C1Cc2ccccc2N1. The molecule has 1 heterocycles. The van der Waals surface area contributed by atoms with Gasteiger partial charge in [-0.15, -0.1) is 0 Å². The Bertz CT molecular complexity index is 592. The van der Waals surface area contributed by atoms with Crippen LogP contribution in [0, 0.1) is 5.82 Å². The molecular weight excluding hydrogens is 265 g/mol. The van der Waals surface area contributed by atoms with Gasteiger partial charge < -0.3 is 10.4 Å². The largest absolute Gasteiger partial charge is 0.386 e. The van der Waals surface area contributed by atoms with Gasteiger partial charge in [0.2, 0.25) is 0 Å². The fraction of sp³-hybridized carbons (Fsp3) is 0.200. The van der Waals surface area contributed by atoms with E-state index in [2.05, 4.69) is 5.32 Å². The van der Waals surface area contributed by atoms with Gasteiger partial charge in [-0.2, -0.15) is 0 Å². The topological polar surface area (TPSA) is 32.3 Å². The fourth-order valence-electron chi connectivity index (χ4n) is 2.48. The third kappa shape index (κ3) is 2.31. The van der Waals surface area contributed by atoms with Gasteiger partial charge in [-0.3, -0.25) is 0 Å². The van der Waals surface area contributed by atoms with Crippen LogP contribution in [0.15, 0.2) is 42.5 Å². The van der Waals surface area contributed by atoms with Crippen LogP contribution in [-0.4, -0.2) is 11.1 Å². The number of hydrogen-bond acceptors (Lipinski definition) is 2. The van der Waals surface area contributed by atoms with Crippen LogP contribution in [0.2, 0.25) is 5.02 Å². The van der Waals surface area contributed by atoms with E-state index in [-0.39, 0.29) is 11.1 Å². The zero-order chi connectivity index (χ0) is 13.4. The van der Waals surface area contributed by atoms with Crippen LogP contribution in [0.5, 0.6) is 0 Å². The molecule has 98 valence electrons. The van der Waals surface area contributed by atoms with Crippen molar-refractivity contribution in [1.82, 2.24) is 0 Å². The minimum Gasteiger partial charge on any atom is -0.386 e. The Hall–Kier alpha value is -1.58. The summed E-state index contributed by atoms with van der Waals surface area (Å²) in [5, 5.41) is 13.9. The van der Waals surface area contributed by atoms with Crippen LogP contribution in [0.1, 0.15) is 17.2 Å². The van der Waals surface area contributed by atoms with Crippen molar-refractivity contribution in [2.45, 2.75) is 18.6 Å². The molecule has 19 heavy (non-hydrogen) atoms. The monoisotopic (exact) mass is 277 g/mol. The minimum absolute atomic E-state index is 0.139. The van der Waals surface area contributed by atoms with E-state index in [0.717, 1.165) is 12.1 Å². The van der Waals surface area contributed by atoms with Crippen molar-refractivity contribution in [2.24, 2.45) is 0 Å². The number of halogens is 2. The Morgan fingerprint density at radius 3 is 2.79 bits per heavy atom. The van der Waals surface area contributed by atoms with Gasteiger partial charge in [0.1, 0.15) is 11.9 Å². The number of aliphatic hydroxyl groups excluding tert-OH is 1. The zero-order valence-corrected chi connectivity index (χ0v) is 10.9. The van der Waals surface area contributed by atoms with Crippen LogP contribution in [0.25, 0.3) is 0 Å². The predicted molar refractivity (Wildman–Crippen MR) is 73.9 cm³/mol. The molecule has 2 aromatic rings. The average Bonchev–Trinajstić information content (AvgIpc) is 2.81. The lowest BCUT2D eigenvalue weighted by Crippen LogP contribution is -2.25. The zero-order valence-electron chi connectivity index (χ0n) is 10.1. The molecule has 0 bridgehead atoms. The van der Waals surface area contributed by atoms with E-state index in [0.29, 0.717) is 5.56 Å². The summed E-state index contributed by atoms with van der Waals surface area (Å²) in [4.78, 5) is 0. The lowest BCUT2D eigenvalue weighted by Gasteiger charge is -2.20. The van der Waals surface area contributed by atoms with Gasteiger partial charge in [0.15, 0.2) is 0 Å². The summed E-state index contributed by atoms with van der Waals surface area (Å²) in [5.41, 5.74) is 2.75. The maximum absolute atomic E-state index is 13.0. The lowest BCUT2D eigenvalue weighted by atomic mass is 9.99. The quantitative estimate of drug-likeness (QED) is 0.880. The van der Waals surface area contributed by atoms with Gasteiger partial charge in [-0.1, -0.05) is 35.9 Å². The van der Waals surface area contributed by atoms with Gasteiger partial charge in [-0.25, -0.2) is 4.39 Å². The molecule has 2 N–H and O–H groups in total. The molecule has 1 aliphatic rings. The minimum atomic E-state index is -0.763. The normalized spacial score (nSPS) is 18.8. The van der Waals surface area contributed by atoms with Gasteiger partial charge in [0, 0.05) is 16.3 Å². The first-order valence-electron chi connectivity index (χ1n) is 6.12. The van der Waals surface area contributed by atoms with E-state index in [9.17, 15) is 9.50 Å². The van der Waals surface area contributed by atoms with E-state index in [4.69, 9.17) is 11.6 Å². The molecule has 2 nitrogen and oxygen atoms in total. The number of anilines is 1. The highest BCUT2D eigenvalue weighted by Crippen LogP contribution is 2.34. The summed E-state index contributed by atoms with van der Waals surface area (Å²) < 4.78 is 13.0. The number of nitrogens with one attached hydrogen (secondary N) is 1. The molecule has 0 amide bonds. The number of hydrogen-bond donors (Lipinski definition) is 2. The molecule has 1 aliphatic heterocycles. The molecule has 0 spiro atoms. The summed E-state index contributed by atoms with van der Waals surface area (Å²) in [5.74, 6) is -0.399. The van der Waals surface area contributed by atoms with Crippen molar-refractivity contribution in [2.75, 3.05) is 5.32 Å². The van der Waals surface area contributed by atoms with Crippen LogP contribution in [-0.2, 0) is 6.42 Å². The highest BCUT2D eigenvalue weighted by molar-refractivity contribution is 6.31. The second-order valence-corrected chi connectivity index (χ2v) is 5.13. The Balaban J connectivity index is 1.85. The molecule has 0 aromatic heterocycles. The molecule has 0 radical (unpaired) electrons. The second kappa shape index (κ2) is 4.83. The Kier molecular flexibility index (Phi) is 3.17. The fourth-order valence-corrected chi connectivity index (χ4v) is 2.75. The Morgan fingerprint density at radius 1 is 1.26 bits per heavy atom.